The summed E-state index contributed by atoms with van der Waals surface area (Å²) < 4.78 is 10.5. The number of benzene rings is 1. The van der Waals surface area contributed by atoms with E-state index >= 15 is 0 Å². The summed E-state index contributed by atoms with van der Waals surface area (Å²) in [6.45, 7) is 1.82. The fourth-order valence-corrected chi connectivity index (χ4v) is 2.30. The van der Waals surface area contributed by atoms with E-state index in [2.05, 4.69) is 5.32 Å². The van der Waals surface area contributed by atoms with E-state index in [0.29, 0.717) is 37.7 Å². The maximum Gasteiger partial charge on any atom is 0.252 e. The number of amides is 2. The predicted molar refractivity (Wildman–Crippen MR) is 81.6 cm³/mol. The van der Waals surface area contributed by atoms with Crippen LogP contribution >= 0.6 is 0 Å². The lowest BCUT2D eigenvalue weighted by Gasteiger charge is -2.31. The number of hydrogen-bond acceptors (Lipinski definition) is 5. The van der Waals surface area contributed by atoms with Gasteiger partial charge in [-0.05, 0) is 12.1 Å². The number of nitrogens with zero attached hydrogens (tertiary/aromatic N) is 1. The van der Waals surface area contributed by atoms with Crippen molar-refractivity contribution in [3.8, 4) is 5.75 Å². The molecule has 120 valence electrons. The fraction of sp³-hybridized carbons (Fsp3) is 0.467. The Hall–Kier alpha value is -2.12. The number of morpholine rings is 1. The number of nitrogens with two attached hydrogens (primary N) is 1. The minimum absolute atomic E-state index is 0.0168. The molecule has 7 nitrogen and oxygen atoms in total. The van der Waals surface area contributed by atoms with Crippen LogP contribution in [0.15, 0.2) is 24.3 Å². The van der Waals surface area contributed by atoms with Crippen molar-refractivity contribution in [1.82, 2.24) is 4.90 Å². The highest BCUT2D eigenvalue weighted by Crippen LogP contribution is 2.18. The van der Waals surface area contributed by atoms with Gasteiger partial charge in [-0.25, -0.2) is 0 Å². The van der Waals surface area contributed by atoms with E-state index in [1.807, 2.05) is 0 Å². The molecule has 22 heavy (non-hydrogen) atoms. The van der Waals surface area contributed by atoms with Crippen LogP contribution in [0, 0.1) is 0 Å². The molecule has 0 bridgehead atoms. The van der Waals surface area contributed by atoms with Gasteiger partial charge in [0.05, 0.1) is 20.1 Å². The van der Waals surface area contributed by atoms with Crippen LogP contribution in [-0.4, -0.2) is 56.2 Å². The minimum atomic E-state index is -0.745. The van der Waals surface area contributed by atoms with Crippen molar-refractivity contribution >= 4 is 17.5 Å². The Morgan fingerprint density at radius 1 is 1.55 bits per heavy atom. The number of methoxy groups -OCH3 is 1. The Morgan fingerprint density at radius 3 is 3.09 bits per heavy atom. The molecular formula is C15H21N3O4. The van der Waals surface area contributed by atoms with E-state index in [-0.39, 0.29) is 18.2 Å². The van der Waals surface area contributed by atoms with Crippen molar-refractivity contribution in [2.75, 3.05) is 38.7 Å². The first-order valence-corrected chi connectivity index (χ1v) is 7.18. The second-order valence-electron chi connectivity index (χ2n) is 4.96. The molecule has 1 heterocycles. The molecular weight excluding hydrogens is 286 g/mol. The summed E-state index contributed by atoms with van der Waals surface area (Å²) in [4.78, 5) is 25.8. The van der Waals surface area contributed by atoms with Gasteiger partial charge in [-0.2, -0.15) is 0 Å². The lowest BCUT2D eigenvalue weighted by Crippen LogP contribution is -2.50. The monoisotopic (exact) mass is 307 g/mol. The molecule has 1 aromatic carbocycles. The van der Waals surface area contributed by atoms with E-state index in [1.165, 1.54) is 0 Å². The maximum atomic E-state index is 12.1. The van der Waals surface area contributed by atoms with Crippen LogP contribution in [0.2, 0.25) is 0 Å². The zero-order chi connectivity index (χ0) is 15.9. The van der Waals surface area contributed by atoms with Gasteiger partial charge in [0.1, 0.15) is 11.9 Å². The number of carbonyl (C=O) groups is 2. The van der Waals surface area contributed by atoms with Gasteiger partial charge in [0, 0.05) is 31.4 Å². The third-order valence-corrected chi connectivity index (χ3v) is 3.39. The second-order valence-corrected chi connectivity index (χ2v) is 4.96. The molecule has 2 amide bonds. The van der Waals surface area contributed by atoms with Gasteiger partial charge in [-0.3, -0.25) is 9.59 Å². The zero-order valence-corrected chi connectivity index (χ0v) is 12.6. The standard InChI is InChI=1S/C15H21N3O4/c1-21-12-4-2-3-11(9-12)17-14(19)10-13-15(20)18(6-5-16)7-8-22-13/h2-4,9,13H,5-8,10,16H2,1H3,(H,17,19)/t13-/m1/s1. The van der Waals surface area contributed by atoms with Crippen molar-refractivity contribution in [2.24, 2.45) is 5.73 Å². The number of carbonyl (C=O) groups excluding carboxylic acids is 2. The molecule has 1 saturated heterocycles. The molecule has 0 unspecified atom stereocenters. The number of hydrogen-bond donors (Lipinski definition) is 2. The van der Waals surface area contributed by atoms with Crippen LogP contribution in [-0.2, 0) is 14.3 Å². The van der Waals surface area contributed by atoms with Crippen molar-refractivity contribution < 1.29 is 19.1 Å². The van der Waals surface area contributed by atoms with Gasteiger partial charge in [0.25, 0.3) is 5.91 Å². The number of rotatable bonds is 6. The molecule has 2 rings (SSSR count). The third-order valence-electron chi connectivity index (χ3n) is 3.39. The molecule has 1 aromatic rings. The van der Waals surface area contributed by atoms with Gasteiger partial charge >= 0.3 is 0 Å². The number of nitrogens with one attached hydrogen (secondary N) is 1. The molecule has 1 fully saturated rings. The van der Waals surface area contributed by atoms with E-state index < -0.39 is 6.10 Å². The van der Waals surface area contributed by atoms with Crippen molar-refractivity contribution in [3.05, 3.63) is 24.3 Å². The molecule has 3 N–H and O–H groups in total. The molecule has 0 aliphatic carbocycles. The Labute approximate surface area is 129 Å². The summed E-state index contributed by atoms with van der Waals surface area (Å²) in [5, 5.41) is 2.74. The van der Waals surface area contributed by atoms with Gasteiger partial charge in [0.2, 0.25) is 5.91 Å². The Balaban J connectivity index is 1.92. The number of anilines is 1. The lowest BCUT2D eigenvalue weighted by molar-refractivity contribution is -0.154. The van der Waals surface area contributed by atoms with Gasteiger partial charge < -0.3 is 25.4 Å². The van der Waals surface area contributed by atoms with Crippen LogP contribution in [0.5, 0.6) is 5.75 Å². The SMILES string of the molecule is COc1cccc(NC(=O)C[C@H]2OCCN(CCN)C2=O)c1. The van der Waals surface area contributed by atoms with Crippen molar-refractivity contribution in [2.45, 2.75) is 12.5 Å². The second kappa shape index (κ2) is 7.77. The minimum Gasteiger partial charge on any atom is -0.497 e. The Morgan fingerprint density at radius 2 is 2.36 bits per heavy atom. The van der Waals surface area contributed by atoms with E-state index in [4.69, 9.17) is 15.2 Å². The van der Waals surface area contributed by atoms with Gasteiger partial charge in [-0.1, -0.05) is 6.07 Å². The highest BCUT2D eigenvalue weighted by atomic mass is 16.5. The normalized spacial score (nSPS) is 18.2. The average Bonchev–Trinajstić information content (AvgIpc) is 2.51. The molecule has 1 atom stereocenters. The summed E-state index contributed by atoms with van der Waals surface area (Å²) in [5.41, 5.74) is 6.09. The maximum absolute atomic E-state index is 12.1. The lowest BCUT2D eigenvalue weighted by atomic mass is 10.1. The first-order chi connectivity index (χ1) is 10.6. The quantitative estimate of drug-likeness (QED) is 0.783. The molecule has 0 radical (unpaired) electrons. The molecule has 7 heteroatoms. The molecule has 1 aliphatic heterocycles. The van der Waals surface area contributed by atoms with Gasteiger partial charge in [-0.15, -0.1) is 0 Å². The predicted octanol–water partition coefficient (Wildman–Crippen LogP) is 0.210. The van der Waals surface area contributed by atoms with Crippen LogP contribution < -0.4 is 15.8 Å². The fourth-order valence-electron chi connectivity index (χ4n) is 2.30. The summed E-state index contributed by atoms with van der Waals surface area (Å²) in [6.07, 6.45) is -0.761. The average molecular weight is 307 g/mol. The topological polar surface area (TPSA) is 93.9 Å². The van der Waals surface area contributed by atoms with Crippen molar-refractivity contribution in [1.29, 1.82) is 0 Å². The van der Waals surface area contributed by atoms with E-state index in [9.17, 15) is 9.59 Å². The highest BCUT2D eigenvalue weighted by molar-refractivity contribution is 5.95. The largest absolute Gasteiger partial charge is 0.497 e. The molecule has 0 spiro atoms. The highest BCUT2D eigenvalue weighted by Gasteiger charge is 2.30. The third kappa shape index (κ3) is 4.19. The molecule has 1 aliphatic rings. The van der Waals surface area contributed by atoms with Gasteiger partial charge in [0.15, 0.2) is 0 Å². The summed E-state index contributed by atoms with van der Waals surface area (Å²) >= 11 is 0. The summed E-state index contributed by atoms with van der Waals surface area (Å²) in [5.74, 6) is 0.190. The first-order valence-electron chi connectivity index (χ1n) is 7.18. The van der Waals surface area contributed by atoms with Crippen LogP contribution in [0.4, 0.5) is 5.69 Å². The smallest absolute Gasteiger partial charge is 0.252 e. The first kappa shape index (κ1) is 16.3. The van der Waals surface area contributed by atoms with Crippen molar-refractivity contribution in [3.63, 3.8) is 0 Å². The Bertz CT molecular complexity index is 533. The zero-order valence-electron chi connectivity index (χ0n) is 12.6. The summed E-state index contributed by atoms with van der Waals surface area (Å²) in [7, 11) is 1.56. The van der Waals surface area contributed by atoms with Crippen LogP contribution in [0.1, 0.15) is 6.42 Å². The Kier molecular flexibility index (Phi) is 5.74. The van der Waals surface area contributed by atoms with E-state index in [1.54, 1.807) is 36.3 Å². The van der Waals surface area contributed by atoms with E-state index in [0.717, 1.165) is 0 Å². The molecule has 0 saturated carbocycles. The number of ether oxygens (including phenoxy) is 2. The molecule has 0 aromatic heterocycles. The van der Waals surface area contributed by atoms with Crippen LogP contribution in [0.3, 0.4) is 0 Å². The van der Waals surface area contributed by atoms with Crippen LogP contribution in [0.25, 0.3) is 0 Å². The summed E-state index contributed by atoms with van der Waals surface area (Å²) in [6, 6.07) is 7.03.